The average Bonchev–Trinajstić information content (AvgIpc) is 2.80. The molecule has 0 unspecified atom stereocenters. The van der Waals surface area contributed by atoms with Gasteiger partial charge in [-0.1, -0.05) is 48.5 Å². The summed E-state index contributed by atoms with van der Waals surface area (Å²) in [6.07, 6.45) is 1.08. The zero-order chi connectivity index (χ0) is 21.2. The monoisotopic (exact) mass is 404 g/mol. The third kappa shape index (κ3) is 6.04. The van der Waals surface area contributed by atoms with Crippen LogP contribution in [-0.2, 0) is 11.3 Å². The van der Waals surface area contributed by atoms with Crippen LogP contribution in [-0.4, -0.2) is 35.3 Å². The molecule has 0 atom stereocenters. The van der Waals surface area contributed by atoms with Gasteiger partial charge in [-0.05, 0) is 31.5 Å². The molecule has 0 fully saturated rings. The molecule has 0 aliphatic carbocycles. The van der Waals surface area contributed by atoms with E-state index >= 15 is 0 Å². The lowest BCUT2D eigenvalue weighted by Gasteiger charge is -2.23. The van der Waals surface area contributed by atoms with Crippen LogP contribution in [0, 0.1) is 0 Å². The first-order valence-electron chi connectivity index (χ1n) is 10.4. The van der Waals surface area contributed by atoms with E-state index in [1.165, 1.54) is 16.4 Å². The number of aryl methyl sites for hydroxylation is 1. The van der Waals surface area contributed by atoms with Gasteiger partial charge in [0.25, 0.3) is 5.56 Å². The highest BCUT2D eigenvalue weighted by atomic mass is 16.2. The van der Waals surface area contributed by atoms with Gasteiger partial charge < -0.3 is 10.2 Å². The molecule has 156 valence electrons. The number of nitrogens with one attached hydrogen (secondary N) is 1. The van der Waals surface area contributed by atoms with Gasteiger partial charge in [0.15, 0.2) is 0 Å². The topological polar surface area (TPSA) is 67.2 Å². The zero-order valence-corrected chi connectivity index (χ0v) is 17.3. The van der Waals surface area contributed by atoms with Crippen molar-refractivity contribution in [3.8, 4) is 11.3 Å². The predicted octanol–water partition coefficient (Wildman–Crippen LogP) is 3.33. The molecular formula is C24H28N4O2. The van der Waals surface area contributed by atoms with Crippen LogP contribution in [0.25, 0.3) is 11.3 Å². The predicted molar refractivity (Wildman–Crippen MR) is 121 cm³/mol. The van der Waals surface area contributed by atoms with Gasteiger partial charge >= 0.3 is 0 Å². The SMILES string of the molecule is CCN(CCCNC(=O)CCn1nc(-c2ccccc2)ccc1=O)c1ccccc1. The summed E-state index contributed by atoms with van der Waals surface area (Å²) in [4.78, 5) is 26.6. The number of hydrogen-bond donors (Lipinski definition) is 1. The third-order valence-corrected chi connectivity index (χ3v) is 4.92. The normalized spacial score (nSPS) is 10.6. The molecule has 0 aliphatic heterocycles. The zero-order valence-electron chi connectivity index (χ0n) is 17.3. The number of carbonyl (C=O) groups excluding carboxylic acids is 1. The van der Waals surface area contributed by atoms with Crippen LogP contribution in [0.15, 0.2) is 77.6 Å². The van der Waals surface area contributed by atoms with Gasteiger partial charge in [0.05, 0.1) is 12.2 Å². The van der Waals surface area contributed by atoms with Crippen LogP contribution in [0.1, 0.15) is 19.8 Å². The molecule has 1 amide bonds. The number of rotatable bonds is 10. The van der Waals surface area contributed by atoms with Gasteiger partial charge in [0.1, 0.15) is 0 Å². The molecule has 1 N–H and O–H groups in total. The Morgan fingerprint density at radius 1 is 1.00 bits per heavy atom. The standard InChI is InChI=1S/C24H28N4O2/c1-2-27(21-12-7-4-8-13-21)18-9-17-25-23(29)16-19-28-24(30)15-14-22(26-28)20-10-5-3-6-11-20/h3-8,10-15H,2,9,16-19H2,1H3,(H,25,29). The Morgan fingerprint density at radius 2 is 1.70 bits per heavy atom. The maximum atomic E-state index is 12.2. The molecule has 0 radical (unpaired) electrons. The highest BCUT2D eigenvalue weighted by molar-refractivity contribution is 5.75. The summed E-state index contributed by atoms with van der Waals surface area (Å²) in [5.74, 6) is -0.0726. The molecule has 30 heavy (non-hydrogen) atoms. The lowest BCUT2D eigenvalue weighted by atomic mass is 10.1. The van der Waals surface area contributed by atoms with Crippen molar-refractivity contribution < 1.29 is 4.79 Å². The van der Waals surface area contributed by atoms with E-state index < -0.39 is 0 Å². The number of aromatic nitrogens is 2. The van der Waals surface area contributed by atoms with E-state index in [2.05, 4.69) is 34.4 Å². The lowest BCUT2D eigenvalue weighted by Crippen LogP contribution is -2.31. The molecule has 0 bridgehead atoms. The van der Waals surface area contributed by atoms with E-state index in [1.807, 2.05) is 48.5 Å². The number of hydrogen-bond acceptors (Lipinski definition) is 4. The minimum Gasteiger partial charge on any atom is -0.372 e. The first-order chi connectivity index (χ1) is 14.7. The highest BCUT2D eigenvalue weighted by Crippen LogP contribution is 2.14. The van der Waals surface area contributed by atoms with E-state index in [1.54, 1.807) is 6.07 Å². The van der Waals surface area contributed by atoms with E-state index in [0.29, 0.717) is 6.54 Å². The smallest absolute Gasteiger partial charge is 0.266 e. The minimum absolute atomic E-state index is 0.0726. The molecule has 0 spiro atoms. The summed E-state index contributed by atoms with van der Waals surface area (Å²) in [6.45, 7) is 4.79. The molecule has 0 aliphatic rings. The molecule has 3 aromatic rings. The number of benzene rings is 2. The number of carbonyl (C=O) groups is 1. The Balaban J connectivity index is 1.45. The summed E-state index contributed by atoms with van der Waals surface area (Å²) in [7, 11) is 0. The summed E-state index contributed by atoms with van der Waals surface area (Å²) in [5.41, 5.74) is 2.64. The quantitative estimate of drug-likeness (QED) is 0.527. The fourth-order valence-corrected chi connectivity index (χ4v) is 3.27. The number of para-hydroxylation sites is 1. The second-order valence-electron chi connectivity index (χ2n) is 7.01. The first kappa shape index (κ1) is 21.3. The molecule has 6 heteroatoms. The second kappa shape index (κ2) is 11.0. The molecule has 1 heterocycles. The molecule has 6 nitrogen and oxygen atoms in total. The van der Waals surface area contributed by atoms with Crippen molar-refractivity contribution in [2.45, 2.75) is 26.3 Å². The van der Waals surface area contributed by atoms with Gasteiger partial charge in [-0.3, -0.25) is 9.59 Å². The van der Waals surface area contributed by atoms with E-state index in [-0.39, 0.29) is 24.4 Å². The fraction of sp³-hybridized carbons (Fsp3) is 0.292. The first-order valence-corrected chi connectivity index (χ1v) is 10.4. The van der Waals surface area contributed by atoms with Crippen molar-refractivity contribution >= 4 is 11.6 Å². The summed E-state index contributed by atoms with van der Waals surface area (Å²) in [6, 6.07) is 23.1. The van der Waals surface area contributed by atoms with Crippen LogP contribution < -0.4 is 15.8 Å². The van der Waals surface area contributed by atoms with Crippen molar-refractivity contribution in [2.75, 3.05) is 24.5 Å². The maximum Gasteiger partial charge on any atom is 0.266 e. The van der Waals surface area contributed by atoms with Crippen molar-refractivity contribution in [1.82, 2.24) is 15.1 Å². The molecule has 2 aromatic carbocycles. The van der Waals surface area contributed by atoms with Gasteiger partial charge in [0, 0.05) is 43.4 Å². The van der Waals surface area contributed by atoms with Crippen LogP contribution >= 0.6 is 0 Å². The second-order valence-corrected chi connectivity index (χ2v) is 7.01. The van der Waals surface area contributed by atoms with Crippen LogP contribution in [0.2, 0.25) is 0 Å². The number of anilines is 1. The van der Waals surface area contributed by atoms with Crippen LogP contribution in [0.3, 0.4) is 0 Å². The Morgan fingerprint density at radius 3 is 2.40 bits per heavy atom. The van der Waals surface area contributed by atoms with Gasteiger partial charge in [-0.15, -0.1) is 0 Å². The Hall–Kier alpha value is -3.41. The fourth-order valence-electron chi connectivity index (χ4n) is 3.27. The van der Waals surface area contributed by atoms with Gasteiger partial charge in [0.2, 0.25) is 5.91 Å². The summed E-state index contributed by atoms with van der Waals surface area (Å²) < 4.78 is 1.36. The van der Waals surface area contributed by atoms with E-state index in [9.17, 15) is 9.59 Å². The Bertz CT molecular complexity index is 987. The average molecular weight is 405 g/mol. The van der Waals surface area contributed by atoms with Crippen molar-refractivity contribution in [3.63, 3.8) is 0 Å². The van der Waals surface area contributed by atoms with Crippen LogP contribution in [0.5, 0.6) is 0 Å². The van der Waals surface area contributed by atoms with Crippen molar-refractivity contribution in [2.24, 2.45) is 0 Å². The van der Waals surface area contributed by atoms with Crippen LogP contribution in [0.4, 0.5) is 5.69 Å². The van der Waals surface area contributed by atoms with Crippen molar-refractivity contribution in [1.29, 1.82) is 0 Å². The number of amides is 1. The molecule has 3 rings (SSSR count). The minimum atomic E-state index is -0.205. The molecular weight excluding hydrogens is 376 g/mol. The Labute approximate surface area is 177 Å². The van der Waals surface area contributed by atoms with E-state index in [4.69, 9.17) is 0 Å². The lowest BCUT2D eigenvalue weighted by molar-refractivity contribution is -0.121. The summed E-state index contributed by atoms with van der Waals surface area (Å²) in [5, 5.41) is 7.34. The van der Waals surface area contributed by atoms with Gasteiger partial charge in [-0.25, -0.2) is 4.68 Å². The van der Waals surface area contributed by atoms with Crippen molar-refractivity contribution in [3.05, 3.63) is 83.2 Å². The molecule has 0 saturated carbocycles. The van der Waals surface area contributed by atoms with E-state index in [0.717, 1.165) is 30.8 Å². The summed E-state index contributed by atoms with van der Waals surface area (Å²) >= 11 is 0. The number of nitrogens with zero attached hydrogens (tertiary/aromatic N) is 3. The van der Waals surface area contributed by atoms with Gasteiger partial charge in [-0.2, -0.15) is 5.10 Å². The Kier molecular flexibility index (Phi) is 7.78. The maximum absolute atomic E-state index is 12.2. The third-order valence-electron chi connectivity index (χ3n) is 4.92. The highest BCUT2D eigenvalue weighted by Gasteiger charge is 2.07. The largest absolute Gasteiger partial charge is 0.372 e. The molecule has 1 aromatic heterocycles. The molecule has 0 saturated heterocycles.